The summed E-state index contributed by atoms with van der Waals surface area (Å²) < 4.78 is 0. The molecule has 2 rings (SSSR count). The van der Waals surface area contributed by atoms with E-state index in [9.17, 15) is 0 Å². The largest absolute Gasteiger partial charge is 0.354 e. The Morgan fingerprint density at radius 2 is 2.11 bits per heavy atom. The van der Waals surface area contributed by atoms with Crippen LogP contribution >= 0.6 is 0 Å². The van der Waals surface area contributed by atoms with Crippen molar-refractivity contribution in [3.05, 3.63) is 23.9 Å². The molecule has 0 atom stereocenters. The Bertz CT molecular complexity index is 430. The number of nitrogens with two attached hydrogens (primary N) is 1. The van der Waals surface area contributed by atoms with Crippen LogP contribution in [0.4, 0.5) is 5.82 Å². The van der Waals surface area contributed by atoms with Gasteiger partial charge in [-0.25, -0.2) is 4.98 Å². The van der Waals surface area contributed by atoms with Crippen LogP contribution in [0, 0.1) is 11.3 Å². The molecule has 1 heterocycles. The average Bonchev–Trinajstić information content (AvgIpc) is 2.42. The molecule has 1 aliphatic rings. The van der Waals surface area contributed by atoms with Gasteiger partial charge in [-0.3, -0.25) is 0 Å². The molecule has 0 aromatic carbocycles. The Morgan fingerprint density at radius 1 is 1.39 bits per heavy atom. The van der Waals surface area contributed by atoms with Crippen molar-refractivity contribution in [2.75, 3.05) is 11.4 Å². The van der Waals surface area contributed by atoms with Gasteiger partial charge in [0.25, 0.3) is 0 Å². The van der Waals surface area contributed by atoms with Crippen molar-refractivity contribution < 1.29 is 0 Å². The zero-order valence-electron chi connectivity index (χ0n) is 10.8. The number of hydrogen-bond donors (Lipinski definition) is 1. The van der Waals surface area contributed by atoms with Gasteiger partial charge < -0.3 is 10.6 Å². The van der Waals surface area contributed by atoms with Crippen LogP contribution in [0.5, 0.6) is 0 Å². The summed E-state index contributed by atoms with van der Waals surface area (Å²) >= 11 is 0. The molecule has 4 nitrogen and oxygen atoms in total. The van der Waals surface area contributed by atoms with E-state index in [4.69, 9.17) is 11.0 Å². The summed E-state index contributed by atoms with van der Waals surface area (Å²) in [6, 6.07) is 8.60. The molecule has 1 fully saturated rings. The number of rotatable bonds is 3. The van der Waals surface area contributed by atoms with Crippen molar-refractivity contribution in [1.82, 2.24) is 4.98 Å². The standard InChI is InChI=1S/C14H20N4/c1-2-18(13-8-6-11(16)7-9-13)14-5-3-4-12(10-15)17-14/h3-5,11,13H,2,6-9,16H2,1H3. The van der Waals surface area contributed by atoms with Crippen molar-refractivity contribution in [3.63, 3.8) is 0 Å². The van der Waals surface area contributed by atoms with Gasteiger partial charge >= 0.3 is 0 Å². The number of aromatic nitrogens is 1. The van der Waals surface area contributed by atoms with E-state index < -0.39 is 0 Å². The molecule has 96 valence electrons. The molecule has 0 saturated heterocycles. The van der Waals surface area contributed by atoms with Crippen LogP contribution in [0.15, 0.2) is 18.2 Å². The molecule has 1 aromatic rings. The highest BCUT2D eigenvalue weighted by molar-refractivity contribution is 5.42. The van der Waals surface area contributed by atoms with E-state index in [0.29, 0.717) is 17.8 Å². The first-order valence-electron chi connectivity index (χ1n) is 6.64. The Kier molecular flexibility index (Phi) is 4.16. The van der Waals surface area contributed by atoms with Crippen molar-refractivity contribution in [2.24, 2.45) is 5.73 Å². The predicted octanol–water partition coefficient (Wildman–Crippen LogP) is 2.05. The zero-order valence-corrected chi connectivity index (χ0v) is 10.8. The van der Waals surface area contributed by atoms with Gasteiger partial charge in [0.15, 0.2) is 0 Å². The third kappa shape index (κ3) is 2.80. The van der Waals surface area contributed by atoms with Gasteiger partial charge in [0, 0.05) is 18.6 Å². The molecule has 4 heteroatoms. The van der Waals surface area contributed by atoms with E-state index in [1.54, 1.807) is 6.07 Å². The summed E-state index contributed by atoms with van der Waals surface area (Å²) in [5, 5.41) is 8.91. The van der Waals surface area contributed by atoms with E-state index in [0.717, 1.165) is 38.0 Å². The Labute approximate surface area is 108 Å². The maximum Gasteiger partial charge on any atom is 0.142 e. The van der Waals surface area contributed by atoms with E-state index >= 15 is 0 Å². The topological polar surface area (TPSA) is 65.9 Å². The number of pyridine rings is 1. The zero-order chi connectivity index (χ0) is 13.0. The third-order valence-electron chi connectivity index (χ3n) is 3.67. The molecule has 2 N–H and O–H groups in total. The molecular formula is C14H20N4. The van der Waals surface area contributed by atoms with Gasteiger partial charge in [0.1, 0.15) is 17.6 Å². The highest BCUT2D eigenvalue weighted by Gasteiger charge is 2.24. The van der Waals surface area contributed by atoms with Gasteiger partial charge in [-0.05, 0) is 44.7 Å². The van der Waals surface area contributed by atoms with E-state index in [2.05, 4.69) is 22.9 Å². The molecule has 1 saturated carbocycles. The average molecular weight is 244 g/mol. The monoisotopic (exact) mass is 244 g/mol. The molecule has 0 bridgehead atoms. The molecule has 0 amide bonds. The van der Waals surface area contributed by atoms with Gasteiger partial charge in [-0.2, -0.15) is 5.26 Å². The first kappa shape index (κ1) is 12.8. The van der Waals surface area contributed by atoms with Crippen LogP contribution in [0.2, 0.25) is 0 Å². The SMILES string of the molecule is CCN(c1cccc(C#N)n1)C1CCC(N)CC1. The van der Waals surface area contributed by atoms with Gasteiger partial charge in [0.05, 0.1) is 0 Å². The molecule has 1 aromatic heterocycles. The number of hydrogen-bond acceptors (Lipinski definition) is 4. The smallest absolute Gasteiger partial charge is 0.142 e. The lowest BCUT2D eigenvalue weighted by atomic mass is 9.90. The highest BCUT2D eigenvalue weighted by atomic mass is 15.2. The second-order valence-electron chi connectivity index (χ2n) is 4.85. The molecule has 1 aliphatic carbocycles. The van der Waals surface area contributed by atoms with Crippen LogP contribution in [-0.2, 0) is 0 Å². The van der Waals surface area contributed by atoms with Crippen molar-refractivity contribution in [3.8, 4) is 6.07 Å². The summed E-state index contributed by atoms with van der Waals surface area (Å²) in [5.74, 6) is 0.914. The van der Waals surface area contributed by atoms with Crippen molar-refractivity contribution in [2.45, 2.75) is 44.7 Å². The van der Waals surface area contributed by atoms with Gasteiger partial charge in [-0.15, -0.1) is 0 Å². The van der Waals surface area contributed by atoms with Crippen LogP contribution in [0.1, 0.15) is 38.3 Å². The first-order valence-corrected chi connectivity index (χ1v) is 6.64. The Morgan fingerprint density at radius 3 is 2.72 bits per heavy atom. The lowest BCUT2D eigenvalue weighted by molar-refractivity contribution is 0.377. The predicted molar refractivity (Wildman–Crippen MR) is 72.2 cm³/mol. The molecule has 0 radical (unpaired) electrons. The lowest BCUT2D eigenvalue weighted by Crippen LogP contribution is -2.41. The fraction of sp³-hybridized carbons (Fsp3) is 0.571. The fourth-order valence-electron chi connectivity index (χ4n) is 2.67. The Hall–Kier alpha value is -1.60. The first-order chi connectivity index (χ1) is 8.74. The van der Waals surface area contributed by atoms with Gasteiger partial charge in [0.2, 0.25) is 0 Å². The number of nitriles is 1. The van der Waals surface area contributed by atoms with E-state index in [1.165, 1.54) is 0 Å². The van der Waals surface area contributed by atoms with Crippen LogP contribution < -0.4 is 10.6 Å². The van der Waals surface area contributed by atoms with E-state index in [1.807, 2.05) is 12.1 Å². The molecule has 0 spiro atoms. The highest BCUT2D eigenvalue weighted by Crippen LogP contribution is 2.25. The summed E-state index contributed by atoms with van der Waals surface area (Å²) in [5.41, 5.74) is 6.43. The van der Waals surface area contributed by atoms with Crippen molar-refractivity contribution in [1.29, 1.82) is 5.26 Å². The lowest BCUT2D eigenvalue weighted by Gasteiger charge is -2.36. The van der Waals surface area contributed by atoms with Crippen LogP contribution in [0.3, 0.4) is 0 Å². The third-order valence-corrected chi connectivity index (χ3v) is 3.67. The van der Waals surface area contributed by atoms with Crippen molar-refractivity contribution >= 4 is 5.82 Å². The second kappa shape index (κ2) is 5.83. The minimum absolute atomic E-state index is 0.360. The maximum absolute atomic E-state index is 8.91. The van der Waals surface area contributed by atoms with E-state index in [-0.39, 0.29) is 0 Å². The summed E-state index contributed by atoms with van der Waals surface area (Å²) in [6.45, 7) is 3.05. The molecular weight excluding hydrogens is 224 g/mol. The molecule has 0 unspecified atom stereocenters. The maximum atomic E-state index is 8.91. The molecule has 0 aliphatic heterocycles. The number of anilines is 1. The minimum Gasteiger partial charge on any atom is -0.354 e. The number of nitrogens with zero attached hydrogens (tertiary/aromatic N) is 3. The summed E-state index contributed by atoms with van der Waals surface area (Å²) in [7, 11) is 0. The minimum atomic E-state index is 0.360. The van der Waals surface area contributed by atoms with Crippen LogP contribution in [0.25, 0.3) is 0 Å². The quantitative estimate of drug-likeness (QED) is 0.883. The van der Waals surface area contributed by atoms with Gasteiger partial charge in [-0.1, -0.05) is 6.07 Å². The Balaban J connectivity index is 2.15. The van der Waals surface area contributed by atoms with Crippen LogP contribution in [-0.4, -0.2) is 23.6 Å². The second-order valence-corrected chi connectivity index (χ2v) is 4.85. The molecule has 18 heavy (non-hydrogen) atoms. The summed E-state index contributed by atoms with van der Waals surface area (Å²) in [6.07, 6.45) is 4.40. The fourth-order valence-corrected chi connectivity index (χ4v) is 2.67. The normalized spacial score (nSPS) is 23.4. The summed E-state index contributed by atoms with van der Waals surface area (Å²) in [4.78, 5) is 6.69.